The van der Waals surface area contributed by atoms with Crippen LogP contribution in [0.15, 0.2) is 0 Å². The first-order valence-electron chi connectivity index (χ1n) is 5.98. The molecule has 0 aromatic rings. The number of nitrogens with two attached hydrogens (primary N) is 1. The molecule has 100 valence electrons. The largest absolute Gasteiger partial charge is 0.391 e. The van der Waals surface area contributed by atoms with Crippen molar-refractivity contribution in [2.45, 2.75) is 44.8 Å². The zero-order chi connectivity index (χ0) is 13.1. The molecule has 1 aliphatic heterocycles. The van der Waals surface area contributed by atoms with E-state index in [0.717, 1.165) is 6.42 Å². The summed E-state index contributed by atoms with van der Waals surface area (Å²) >= 11 is 0. The van der Waals surface area contributed by atoms with Crippen molar-refractivity contribution in [3.8, 4) is 0 Å². The second-order valence-corrected chi connectivity index (χ2v) is 4.64. The maximum absolute atomic E-state index is 12.5. The molecule has 0 radical (unpaired) electrons. The van der Waals surface area contributed by atoms with E-state index >= 15 is 0 Å². The molecular formula is C11H20F3N3. The molecule has 0 bridgehead atoms. The van der Waals surface area contributed by atoms with Crippen LogP contribution < -0.4 is 5.73 Å². The van der Waals surface area contributed by atoms with Crippen molar-refractivity contribution in [2.24, 2.45) is 11.7 Å². The van der Waals surface area contributed by atoms with E-state index in [1.54, 1.807) is 0 Å². The van der Waals surface area contributed by atoms with Gasteiger partial charge in [-0.2, -0.15) is 13.2 Å². The van der Waals surface area contributed by atoms with Crippen LogP contribution in [0.2, 0.25) is 0 Å². The van der Waals surface area contributed by atoms with Crippen LogP contribution in [0.4, 0.5) is 13.2 Å². The van der Waals surface area contributed by atoms with Crippen LogP contribution >= 0.6 is 0 Å². The lowest BCUT2D eigenvalue weighted by molar-refractivity contribution is -0.186. The second kappa shape index (κ2) is 5.71. The van der Waals surface area contributed by atoms with Crippen molar-refractivity contribution in [3.63, 3.8) is 0 Å². The van der Waals surface area contributed by atoms with Gasteiger partial charge < -0.3 is 5.73 Å². The summed E-state index contributed by atoms with van der Waals surface area (Å²) in [6, 6.07) is 0.113. The quantitative estimate of drug-likeness (QED) is 0.595. The second-order valence-electron chi connectivity index (χ2n) is 4.64. The van der Waals surface area contributed by atoms with Crippen LogP contribution in [0.3, 0.4) is 0 Å². The minimum atomic E-state index is -4.06. The number of halogens is 3. The molecule has 17 heavy (non-hydrogen) atoms. The summed E-state index contributed by atoms with van der Waals surface area (Å²) in [6.45, 7) is 2.88. The van der Waals surface area contributed by atoms with E-state index in [4.69, 9.17) is 11.1 Å². The topological polar surface area (TPSA) is 53.1 Å². The van der Waals surface area contributed by atoms with Gasteiger partial charge >= 0.3 is 6.18 Å². The van der Waals surface area contributed by atoms with Crippen LogP contribution in [-0.2, 0) is 0 Å². The van der Waals surface area contributed by atoms with Crippen molar-refractivity contribution in [1.29, 1.82) is 5.41 Å². The number of hydrogen-bond donors (Lipinski definition) is 2. The molecule has 0 saturated carbocycles. The van der Waals surface area contributed by atoms with Crippen LogP contribution in [0.1, 0.15) is 32.6 Å². The zero-order valence-electron chi connectivity index (χ0n) is 10.1. The highest BCUT2D eigenvalue weighted by atomic mass is 19.4. The van der Waals surface area contributed by atoms with Crippen LogP contribution in [0, 0.1) is 11.3 Å². The molecule has 1 aliphatic rings. The summed E-state index contributed by atoms with van der Waals surface area (Å²) < 4.78 is 37.5. The zero-order valence-corrected chi connectivity index (χ0v) is 10.1. The lowest BCUT2D eigenvalue weighted by atomic mass is 9.94. The molecule has 1 heterocycles. The van der Waals surface area contributed by atoms with Gasteiger partial charge in [0.2, 0.25) is 0 Å². The number of nitrogens with one attached hydrogen (secondary N) is 1. The van der Waals surface area contributed by atoms with Gasteiger partial charge in [0.15, 0.2) is 0 Å². The molecular weight excluding hydrogens is 231 g/mol. The standard InChI is InChI=1S/C11H20F3N3/c1-2-9(7-10(15)16)17-5-3-8(4-6-17)11(12,13)14/h8-9H,2-7H2,1H3,(H3,15,16). The Kier molecular flexibility index (Phi) is 4.80. The average molecular weight is 251 g/mol. The summed E-state index contributed by atoms with van der Waals surface area (Å²) in [5, 5.41) is 7.26. The van der Waals surface area contributed by atoms with Gasteiger partial charge in [0, 0.05) is 12.5 Å². The third-order valence-electron chi connectivity index (χ3n) is 3.44. The number of hydrogen-bond acceptors (Lipinski definition) is 2. The Morgan fingerprint density at radius 2 is 1.94 bits per heavy atom. The summed E-state index contributed by atoms with van der Waals surface area (Å²) in [7, 11) is 0. The highest BCUT2D eigenvalue weighted by molar-refractivity contribution is 5.77. The lowest BCUT2D eigenvalue weighted by Crippen LogP contribution is -2.45. The minimum Gasteiger partial charge on any atom is -0.388 e. The normalized spacial score (nSPS) is 21.4. The van der Waals surface area contributed by atoms with Crippen molar-refractivity contribution in [2.75, 3.05) is 13.1 Å². The summed E-state index contributed by atoms with van der Waals surface area (Å²) in [5.74, 6) is -1.05. The SMILES string of the molecule is CCC(CC(=N)N)N1CCC(C(F)(F)F)CC1. The highest BCUT2D eigenvalue weighted by Gasteiger charge is 2.41. The summed E-state index contributed by atoms with van der Waals surface area (Å²) in [4.78, 5) is 2.03. The molecule has 0 aromatic heterocycles. The number of piperidine rings is 1. The minimum absolute atomic E-state index is 0.106. The number of amidine groups is 1. The first-order valence-corrected chi connectivity index (χ1v) is 5.98. The number of nitrogens with zero attached hydrogens (tertiary/aromatic N) is 1. The van der Waals surface area contributed by atoms with Crippen molar-refractivity contribution >= 4 is 5.84 Å². The molecule has 1 saturated heterocycles. The maximum atomic E-state index is 12.5. The van der Waals surface area contributed by atoms with E-state index in [-0.39, 0.29) is 24.7 Å². The fraction of sp³-hybridized carbons (Fsp3) is 0.909. The van der Waals surface area contributed by atoms with Gasteiger partial charge in [-0.25, -0.2) is 0 Å². The Labute approximate surface area is 99.7 Å². The first kappa shape index (κ1) is 14.3. The summed E-state index contributed by atoms with van der Waals surface area (Å²) in [5.41, 5.74) is 5.35. The molecule has 0 aromatic carbocycles. The van der Waals surface area contributed by atoms with E-state index in [1.807, 2.05) is 11.8 Å². The third-order valence-corrected chi connectivity index (χ3v) is 3.44. The predicted octanol–water partition coefficient (Wildman–Crippen LogP) is 2.37. The van der Waals surface area contributed by atoms with Crippen LogP contribution in [0.5, 0.6) is 0 Å². The van der Waals surface area contributed by atoms with Gasteiger partial charge in [0.05, 0.1) is 11.8 Å². The fourth-order valence-corrected chi connectivity index (χ4v) is 2.38. The van der Waals surface area contributed by atoms with Crippen LogP contribution in [-0.4, -0.2) is 36.0 Å². The number of rotatable bonds is 4. The number of alkyl halides is 3. The monoisotopic (exact) mass is 251 g/mol. The smallest absolute Gasteiger partial charge is 0.388 e. The van der Waals surface area contributed by atoms with Crippen LogP contribution in [0.25, 0.3) is 0 Å². The van der Waals surface area contributed by atoms with Gasteiger partial charge in [-0.05, 0) is 32.4 Å². The average Bonchev–Trinajstić information content (AvgIpc) is 2.24. The van der Waals surface area contributed by atoms with E-state index in [1.165, 1.54) is 0 Å². The molecule has 1 atom stereocenters. The highest BCUT2D eigenvalue weighted by Crippen LogP contribution is 2.34. The van der Waals surface area contributed by atoms with Gasteiger partial charge in [-0.15, -0.1) is 0 Å². The van der Waals surface area contributed by atoms with Crippen molar-refractivity contribution in [1.82, 2.24) is 4.90 Å². The number of likely N-dealkylation sites (tertiary alicyclic amines) is 1. The Bertz CT molecular complexity index is 257. The molecule has 0 aliphatic carbocycles. The Balaban J connectivity index is 2.47. The van der Waals surface area contributed by atoms with Gasteiger partial charge in [-0.1, -0.05) is 6.92 Å². The van der Waals surface area contributed by atoms with Crippen molar-refractivity contribution < 1.29 is 13.2 Å². The molecule has 0 amide bonds. The van der Waals surface area contributed by atoms with Gasteiger partial charge in [0.25, 0.3) is 0 Å². The Morgan fingerprint density at radius 3 is 2.29 bits per heavy atom. The van der Waals surface area contributed by atoms with E-state index in [0.29, 0.717) is 19.5 Å². The first-order chi connectivity index (χ1) is 7.84. The van der Waals surface area contributed by atoms with Crippen molar-refractivity contribution in [3.05, 3.63) is 0 Å². The van der Waals surface area contributed by atoms with E-state index in [2.05, 4.69) is 0 Å². The molecule has 3 N–H and O–H groups in total. The maximum Gasteiger partial charge on any atom is 0.391 e. The Hall–Kier alpha value is -0.780. The van der Waals surface area contributed by atoms with E-state index in [9.17, 15) is 13.2 Å². The Morgan fingerprint density at radius 1 is 1.41 bits per heavy atom. The predicted molar refractivity (Wildman–Crippen MR) is 61.0 cm³/mol. The van der Waals surface area contributed by atoms with Gasteiger partial charge in [0.1, 0.15) is 0 Å². The molecule has 1 unspecified atom stereocenters. The molecule has 1 fully saturated rings. The molecule has 3 nitrogen and oxygen atoms in total. The fourth-order valence-electron chi connectivity index (χ4n) is 2.38. The molecule has 0 spiro atoms. The third kappa shape index (κ3) is 4.18. The van der Waals surface area contributed by atoms with Gasteiger partial charge in [-0.3, -0.25) is 10.3 Å². The molecule has 1 rings (SSSR count). The summed E-state index contributed by atoms with van der Waals surface area (Å²) in [6.07, 6.45) is -2.46. The molecule has 6 heteroatoms. The van der Waals surface area contributed by atoms with E-state index < -0.39 is 12.1 Å². The lowest BCUT2D eigenvalue weighted by Gasteiger charge is -2.37.